The minimum Gasteiger partial charge on any atom is -0.487 e. The van der Waals surface area contributed by atoms with Crippen molar-refractivity contribution in [1.29, 1.82) is 0 Å². The maximum Gasteiger partial charge on any atom is 0.309 e. The first-order chi connectivity index (χ1) is 14.7. The highest BCUT2D eigenvalue weighted by Crippen LogP contribution is 2.23. The molecule has 0 aliphatic heterocycles. The lowest BCUT2D eigenvalue weighted by atomic mass is 10.00. The van der Waals surface area contributed by atoms with Gasteiger partial charge in [-0.05, 0) is 37.1 Å². The van der Waals surface area contributed by atoms with Gasteiger partial charge >= 0.3 is 11.9 Å². The van der Waals surface area contributed by atoms with E-state index in [0.29, 0.717) is 5.75 Å². The molecule has 0 saturated heterocycles. The van der Waals surface area contributed by atoms with Gasteiger partial charge in [0.2, 0.25) is 0 Å². The molecule has 0 fully saturated rings. The Morgan fingerprint density at radius 3 is 2.26 bits per heavy atom. The van der Waals surface area contributed by atoms with E-state index >= 15 is 0 Å². The predicted octanol–water partition coefficient (Wildman–Crippen LogP) is 4.25. The van der Waals surface area contributed by atoms with Gasteiger partial charge in [-0.25, -0.2) is 4.98 Å². The van der Waals surface area contributed by atoms with Crippen molar-refractivity contribution in [2.75, 3.05) is 0 Å². The van der Waals surface area contributed by atoms with Crippen LogP contribution in [0.25, 0.3) is 0 Å². The van der Waals surface area contributed by atoms with Crippen LogP contribution in [-0.4, -0.2) is 34.9 Å². The fraction of sp³-hybridized carbons (Fsp3) is 0.417. The van der Waals surface area contributed by atoms with Gasteiger partial charge in [0.15, 0.2) is 11.5 Å². The maximum atomic E-state index is 12.7. The lowest BCUT2D eigenvalue weighted by Gasteiger charge is -2.29. The number of rotatable bonds is 10. The molecule has 0 aliphatic carbocycles. The summed E-state index contributed by atoms with van der Waals surface area (Å²) in [5.74, 6) is -1.39. The molecule has 0 N–H and O–H groups in total. The third-order valence-electron chi connectivity index (χ3n) is 4.62. The van der Waals surface area contributed by atoms with Crippen molar-refractivity contribution in [3.05, 3.63) is 54.4 Å². The average Bonchev–Trinajstić information content (AvgIpc) is 2.72. The Labute approximate surface area is 182 Å². The molecule has 31 heavy (non-hydrogen) atoms. The molecule has 3 atom stereocenters. The van der Waals surface area contributed by atoms with E-state index in [-0.39, 0.29) is 29.9 Å². The largest absolute Gasteiger partial charge is 0.487 e. The van der Waals surface area contributed by atoms with Crippen LogP contribution in [0.3, 0.4) is 0 Å². The van der Waals surface area contributed by atoms with Crippen molar-refractivity contribution < 1.29 is 28.6 Å². The number of carbonyl (C=O) groups is 3. The van der Waals surface area contributed by atoms with Crippen molar-refractivity contribution in [1.82, 2.24) is 4.98 Å². The van der Waals surface area contributed by atoms with Crippen LogP contribution in [0.1, 0.15) is 51.5 Å². The van der Waals surface area contributed by atoms with E-state index in [1.807, 2.05) is 51.1 Å². The zero-order chi connectivity index (χ0) is 23.0. The number of carbonyl (C=O) groups excluding carboxylic acids is 3. The summed E-state index contributed by atoms with van der Waals surface area (Å²) in [7, 11) is 0. The molecule has 0 radical (unpaired) electrons. The van der Waals surface area contributed by atoms with Gasteiger partial charge < -0.3 is 14.2 Å². The minimum atomic E-state index is -0.704. The highest BCUT2D eigenvalue weighted by Gasteiger charge is 2.30. The molecule has 166 valence electrons. The first kappa shape index (κ1) is 24.1. The second kappa shape index (κ2) is 11.2. The van der Waals surface area contributed by atoms with Gasteiger partial charge in [0.1, 0.15) is 23.7 Å². The predicted molar refractivity (Wildman–Crippen MR) is 115 cm³/mol. The van der Waals surface area contributed by atoms with Crippen molar-refractivity contribution in [2.45, 2.75) is 53.2 Å². The number of nitrogens with zero attached hydrogens (tertiary/aromatic N) is 1. The Morgan fingerprint density at radius 2 is 1.65 bits per heavy atom. The summed E-state index contributed by atoms with van der Waals surface area (Å²) in [6.07, 6.45) is 0.445. The Hall–Kier alpha value is -3.22. The van der Waals surface area contributed by atoms with Gasteiger partial charge in [-0.15, -0.1) is 0 Å². The van der Waals surface area contributed by atoms with E-state index in [4.69, 9.17) is 14.2 Å². The smallest absolute Gasteiger partial charge is 0.309 e. The van der Waals surface area contributed by atoms with E-state index in [9.17, 15) is 14.4 Å². The van der Waals surface area contributed by atoms with Gasteiger partial charge in [-0.1, -0.05) is 39.0 Å². The van der Waals surface area contributed by atoms with Gasteiger partial charge in [-0.2, -0.15) is 0 Å². The molecule has 2 rings (SSSR count). The number of benzene rings is 1. The summed E-state index contributed by atoms with van der Waals surface area (Å²) in [5.41, 5.74) is 0.0125. The van der Waals surface area contributed by atoms with Crippen molar-refractivity contribution in [3.8, 4) is 11.5 Å². The standard InChI is InChI=1S/C24H29NO6/c1-15(2)23(17(4)29-19-10-7-6-8-11-19)31-24(28)16(3)14-20(27)22-21(30-18(5)26)12-9-13-25-22/h6-13,15-17,23H,14H2,1-5H3/t16-,17+,23-/m1/s1. The molecule has 0 unspecified atom stereocenters. The van der Waals surface area contributed by atoms with Crippen molar-refractivity contribution >= 4 is 17.7 Å². The van der Waals surface area contributed by atoms with Crippen LogP contribution < -0.4 is 9.47 Å². The molecule has 0 spiro atoms. The number of esters is 2. The topological polar surface area (TPSA) is 91.8 Å². The first-order valence-electron chi connectivity index (χ1n) is 10.3. The number of Topliss-reactive ketones (excluding diaryl/α,β-unsaturated/α-hetero) is 1. The quantitative estimate of drug-likeness (QED) is 0.413. The van der Waals surface area contributed by atoms with Crippen LogP contribution in [0.4, 0.5) is 0 Å². The van der Waals surface area contributed by atoms with E-state index in [1.165, 1.54) is 19.2 Å². The summed E-state index contributed by atoms with van der Waals surface area (Å²) in [4.78, 5) is 40.6. The second-order valence-electron chi connectivity index (χ2n) is 7.75. The third kappa shape index (κ3) is 7.20. The molecule has 0 saturated carbocycles. The Bertz CT molecular complexity index is 896. The highest BCUT2D eigenvalue weighted by atomic mass is 16.6. The van der Waals surface area contributed by atoms with Crippen molar-refractivity contribution in [2.24, 2.45) is 11.8 Å². The molecule has 1 heterocycles. The molecule has 7 heteroatoms. The monoisotopic (exact) mass is 427 g/mol. The lowest BCUT2D eigenvalue weighted by molar-refractivity contribution is -0.161. The molecule has 2 aromatic rings. The molecule has 7 nitrogen and oxygen atoms in total. The van der Waals surface area contributed by atoms with Crippen LogP contribution >= 0.6 is 0 Å². The summed E-state index contributed by atoms with van der Waals surface area (Å²) in [6, 6.07) is 12.4. The Kier molecular flexibility index (Phi) is 8.73. The molecule has 1 aromatic carbocycles. The number of para-hydroxylation sites is 1. The number of ether oxygens (including phenoxy) is 3. The van der Waals surface area contributed by atoms with E-state index in [1.54, 1.807) is 13.0 Å². The normalized spacial score (nSPS) is 13.7. The molecule has 0 aliphatic rings. The van der Waals surface area contributed by atoms with Crippen LogP contribution in [0.5, 0.6) is 11.5 Å². The SMILES string of the molecule is CC(=O)Oc1cccnc1C(=O)C[C@@H](C)C(=O)O[C@H](C(C)C)[C@H](C)Oc1ccccc1. The number of pyridine rings is 1. The maximum absolute atomic E-state index is 12.7. The van der Waals surface area contributed by atoms with Crippen LogP contribution in [-0.2, 0) is 14.3 Å². The number of aromatic nitrogens is 1. The average molecular weight is 427 g/mol. The Morgan fingerprint density at radius 1 is 0.968 bits per heavy atom. The fourth-order valence-electron chi connectivity index (χ4n) is 3.10. The summed E-state index contributed by atoms with van der Waals surface area (Å²) < 4.78 is 16.7. The number of ketones is 1. The highest BCUT2D eigenvalue weighted by molar-refractivity contribution is 5.99. The van der Waals surface area contributed by atoms with E-state index < -0.39 is 29.7 Å². The molecule has 0 bridgehead atoms. The van der Waals surface area contributed by atoms with E-state index in [0.717, 1.165) is 0 Å². The zero-order valence-corrected chi connectivity index (χ0v) is 18.5. The van der Waals surface area contributed by atoms with Crippen LogP contribution in [0.2, 0.25) is 0 Å². The van der Waals surface area contributed by atoms with Gasteiger partial charge in [0.05, 0.1) is 5.92 Å². The molecular weight excluding hydrogens is 398 g/mol. The summed E-state index contributed by atoms with van der Waals surface area (Å²) >= 11 is 0. The molecule has 0 amide bonds. The Balaban J connectivity index is 2.03. The lowest BCUT2D eigenvalue weighted by Crippen LogP contribution is -2.39. The van der Waals surface area contributed by atoms with Crippen LogP contribution in [0.15, 0.2) is 48.7 Å². The molecule has 1 aromatic heterocycles. The number of hydrogen-bond acceptors (Lipinski definition) is 7. The van der Waals surface area contributed by atoms with Gasteiger partial charge in [0, 0.05) is 19.5 Å². The minimum absolute atomic E-state index is 0.0110. The summed E-state index contributed by atoms with van der Waals surface area (Å²) in [6.45, 7) is 8.59. The van der Waals surface area contributed by atoms with E-state index in [2.05, 4.69) is 4.98 Å². The number of hydrogen-bond donors (Lipinski definition) is 0. The van der Waals surface area contributed by atoms with Gasteiger partial charge in [0.25, 0.3) is 0 Å². The zero-order valence-electron chi connectivity index (χ0n) is 18.5. The second-order valence-corrected chi connectivity index (χ2v) is 7.75. The third-order valence-corrected chi connectivity index (χ3v) is 4.62. The molecular formula is C24H29NO6. The summed E-state index contributed by atoms with van der Waals surface area (Å²) in [5, 5.41) is 0. The van der Waals surface area contributed by atoms with Gasteiger partial charge in [-0.3, -0.25) is 14.4 Å². The first-order valence-corrected chi connectivity index (χ1v) is 10.3. The fourth-order valence-corrected chi connectivity index (χ4v) is 3.10. The van der Waals surface area contributed by atoms with Crippen molar-refractivity contribution in [3.63, 3.8) is 0 Å². The van der Waals surface area contributed by atoms with Crippen LogP contribution in [0, 0.1) is 11.8 Å².